The third kappa shape index (κ3) is 3.36. The second-order valence-corrected chi connectivity index (χ2v) is 7.36. The predicted octanol–water partition coefficient (Wildman–Crippen LogP) is 3.02. The van der Waals surface area contributed by atoms with E-state index >= 15 is 0 Å². The number of hydrogen-bond donors (Lipinski definition) is 2. The van der Waals surface area contributed by atoms with Crippen LogP contribution in [-0.4, -0.2) is 22.6 Å². The summed E-state index contributed by atoms with van der Waals surface area (Å²) in [6.45, 7) is 2.86. The van der Waals surface area contributed by atoms with Crippen molar-refractivity contribution in [2.75, 3.05) is 16.8 Å². The number of anilines is 2. The Kier molecular flexibility index (Phi) is 4.49. The summed E-state index contributed by atoms with van der Waals surface area (Å²) in [6.07, 6.45) is 5.14. The van der Waals surface area contributed by atoms with Gasteiger partial charge in [0.1, 0.15) is 0 Å². The zero-order chi connectivity index (χ0) is 18.1. The van der Waals surface area contributed by atoms with Crippen molar-refractivity contribution < 1.29 is 4.79 Å². The number of carbonyl (C=O) groups excluding carboxylic acids is 1. The Balaban J connectivity index is 1.51. The first-order chi connectivity index (χ1) is 12.6. The summed E-state index contributed by atoms with van der Waals surface area (Å²) in [6, 6.07) is 9.40. The number of hydrogen-bond acceptors (Lipinski definition) is 4. The number of nitrogens with one attached hydrogen (secondary N) is 2. The highest BCUT2D eigenvalue weighted by Gasteiger charge is 2.29. The Morgan fingerprint density at radius 3 is 2.77 bits per heavy atom. The molecule has 1 aromatic carbocycles. The Morgan fingerprint density at radius 2 is 2.08 bits per heavy atom. The summed E-state index contributed by atoms with van der Waals surface area (Å²) in [7, 11) is 0. The zero-order valence-electron chi connectivity index (χ0n) is 15.0. The molecule has 6 heteroatoms. The minimum absolute atomic E-state index is 0.0267. The van der Waals surface area contributed by atoms with E-state index in [-0.39, 0.29) is 17.5 Å². The van der Waals surface area contributed by atoms with Crippen LogP contribution in [-0.2, 0) is 11.2 Å². The third-order valence-corrected chi connectivity index (χ3v) is 5.47. The normalized spacial score (nSPS) is 18.2. The van der Waals surface area contributed by atoms with Crippen molar-refractivity contribution in [3.63, 3.8) is 0 Å². The molecular formula is C20H24N4O2. The number of aromatic nitrogens is 2. The van der Waals surface area contributed by atoms with Gasteiger partial charge in [-0.05, 0) is 61.9 Å². The van der Waals surface area contributed by atoms with E-state index < -0.39 is 0 Å². The van der Waals surface area contributed by atoms with Gasteiger partial charge < -0.3 is 10.2 Å². The van der Waals surface area contributed by atoms with Gasteiger partial charge in [0.05, 0.1) is 11.7 Å². The van der Waals surface area contributed by atoms with Crippen molar-refractivity contribution in [1.82, 2.24) is 10.2 Å². The number of H-pyrrole nitrogens is 1. The Morgan fingerprint density at radius 1 is 1.23 bits per heavy atom. The van der Waals surface area contributed by atoms with Crippen molar-refractivity contribution >= 4 is 17.3 Å². The van der Waals surface area contributed by atoms with Crippen LogP contribution in [0.1, 0.15) is 49.9 Å². The number of benzene rings is 1. The van der Waals surface area contributed by atoms with Crippen molar-refractivity contribution in [2.45, 2.75) is 45.1 Å². The molecule has 1 amide bonds. The average Bonchev–Trinajstić information content (AvgIpc) is 2.60. The number of rotatable bonds is 5. The molecule has 1 fully saturated rings. The summed E-state index contributed by atoms with van der Waals surface area (Å²) in [5.74, 6) is 0.907. The van der Waals surface area contributed by atoms with Crippen molar-refractivity contribution in [3.8, 4) is 0 Å². The van der Waals surface area contributed by atoms with E-state index in [9.17, 15) is 9.59 Å². The SMILES string of the molecule is CC(Nc1ccc2c(c1)CCC(=O)N2CC1CCC1)c1ccc(=O)[nH]n1. The highest BCUT2D eigenvalue weighted by molar-refractivity contribution is 5.96. The Bertz CT molecular complexity index is 852. The number of fused-ring (bicyclic) bond motifs is 1. The maximum atomic E-state index is 12.4. The molecule has 2 aromatic rings. The quantitative estimate of drug-likeness (QED) is 0.867. The molecule has 0 radical (unpaired) electrons. The van der Waals surface area contributed by atoms with E-state index in [0.29, 0.717) is 12.3 Å². The molecule has 1 aliphatic heterocycles. The predicted molar refractivity (Wildman–Crippen MR) is 101 cm³/mol. The van der Waals surface area contributed by atoms with Crippen LogP contribution < -0.4 is 15.8 Å². The fourth-order valence-corrected chi connectivity index (χ4v) is 3.70. The lowest BCUT2D eigenvalue weighted by atomic mass is 9.84. The molecule has 0 saturated heterocycles. The number of amides is 1. The second kappa shape index (κ2) is 6.94. The molecule has 136 valence electrons. The van der Waals surface area contributed by atoms with E-state index in [1.54, 1.807) is 6.07 Å². The lowest BCUT2D eigenvalue weighted by Gasteiger charge is -2.36. The third-order valence-electron chi connectivity index (χ3n) is 5.47. The minimum Gasteiger partial charge on any atom is -0.377 e. The van der Waals surface area contributed by atoms with Crippen molar-refractivity contribution in [1.29, 1.82) is 0 Å². The smallest absolute Gasteiger partial charge is 0.264 e. The summed E-state index contributed by atoms with van der Waals surface area (Å²) in [4.78, 5) is 25.5. The number of aryl methyl sites for hydroxylation is 1. The summed E-state index contributed by atoms with van der Waals surface area (Å²) in [5, 5.41) is 9.97. The maximum Gasteiger partial charge on any atom is 0.264 e. The van der Waals surface area contributed by atoms with Crippen LogP contribution in [0.15, 0.2) is 35.1 Å². The summed E-state index contributed by atoms with van der Waals surface area (Å²) < 4.78 is 0. The fraction of sp³-hybridized carbons (Fsp3) is 0.450. The molecule has 1 saturated carbocycles. The van der Waals surface area contributed by atoms with Gasteiger partial charge in [-0.2, -0.15) is 5.10 Å². The molecule has 1 unspecified atom stereocenters. The molecule has 1 aliphatic carbocycles. The largest absolute Gasteiger partial charge is 0.377 e. The molecule has 0 spiro atoms. The summed E-state index contributed by atoms with van der Waals surface area (Å²) >= 11 is 0. The van der Waals surface area contributed by atoms with Crippen LogP contribution in [0, 0.1) is 5.92 Å². The van der Waals surface area contributed by atoms with E-state index in [1.165, 1.54) is 30.9 Å². The summed E-state index contributed by atoms with van der Waals surface area (Å²) in [5.41, 5.74) is 3.86. The number of nitrogens with zero attached hydrogens (tertiary/aromatic N) is 2. The lowest BCUT2D eigenvalue weighted by molar-refractivity contribution is -0.119. The van der Waals surface area contributed by atoms with Gasteiger partial charge in [0.2, 0.25) is 5.91 Å². The number of aromatic amines is 1. The topological polar surface area (TPSA) is 78.1 Å². The lowest BCUT2D eigenvalue weighted by Crippen LogP contribution is -2.40. The van der Waals surface area contributed by atoms with E-state index in [0.717, 1.165) is 30.0 Å². The van der Waals surface area contributed by atoms with Crippen LogP contribution in [0.5, 0.6) is 0 Å². The first-order valence-electron chi connectivity index (χ1n) is 9.35. The van der Waals surface area contributed by atoms with Crippen molar-refractivity contribution in [2.24, 2.45) is 5.92 Å². The van der Waals surface area contributed by atoms with Gasteiger partial charge in [-0.25, -0.2) is 5.10 Å². The van der Waals surface area contributed by atoms with Gasteiger partial charge in [-0.15, -0.1) is 0 Å². The molecule has 1 atom stereocenters. The average molecular weight is 352 g/mol. The van der Waals surface area contributed by atoms with Gasteiger partial charge in [0, 0.05) is 30.4 Å². The minimum atomic E-state index is -0.203. The molecule has 4 rings (SSSR count). The van der Waals surface area contributed by atoms with E-state index in [2.05, 4.69) is 27.6 Å². The highest BCUT2D eigenvalue weighted by Crippen LogP contribution is 2.35. The van der Waals surface area contributed by atoms with Crippen LogP contribution in [0.25, 0.3) is 0 Å². The highest BCUT2D eigenvalue weighted by atomic mass is 16.2. The molecule has 26 heavy (non-hydrogen) atoms. The Labute approximate surface area is 152 Å². The van der Waals surface area contributed by atoms with Gasteiger partial charge in [0.25, 0.3) is 5.56 Å². The second-order valence-electron chi connectivity index (χ2n) is 7.36. The molecule has 1 aromatic heterocycles. The van der Waals surface area contributed by atoms with Gasteiger partial charge in [0.15, 0.2) is 0 Å². The molecule has 6 nitrogen and oxygen atoms in total. The van der Waals surface area contributed by atoms with Crippen molar-refractivity contribution in [3.05, 3.63) is 51.9 Å². The maximum absolute atomic E-state index is 12.4. The van der Waals surface area contributed by atoms with Gasteiger partial charge >= 0.3 is 0 Å². The standard InChI is InChI=1S/C20H24N4O2/c1-13(17-7-9-19(25)23-22-17)21-16-6-8-18-15(11-16)5-10-20(26)24(18)12-14-3-2-4-14/h6-9,11,13-14,21H,2-5,10,12H2,1H3,(H,23,25). The molecule has 0 bridgehead atoms. The van der Waals surface area contributed by atoms with E-state index in [1.807, 2.05) is 17.9 Å². The van der Waals surface area contributed by atoms with Crippen LogP contribution >= 0.6 is 0 Å². The Hall–Kier alpha value is -2.63. The number of carbonyl (C=O) groups is 1. The molecular weight excluding hydrogens is 328 g/mol. The molecule has 2 aliphatic rings. The van der Waals surface area contributed by atoms with Gasteiger partial charge in [-0.1, -0.05) is 6.42 Å². The van der Waals surface area contributed by atoms with Crippen LogP contribution in [0.2, 0.25) is 0 Å². The first-order valence-corrected chi connectivity index (χ1v) is 9.35. The van der Waals surface area contributed by atoms with E-state index in [4.69, 9.17) is 0 Å². The first kappa shape index (κ1) is 16.8. The molecule has 2 N–H and O–H groups in total. The van der Waals surface area contributed by atoms with Crippen LogP contribution in [0.3, 0.4) is 0 Å². The zero-order valence-corrected chi connectivity index (χ0v) is 15.0. The molecule has 2 heterocycles. The monoisotopic (exact) mass is 352 g/mol. The van der Waals surface area contributed by atoms with Gasteiger partial charge in [-0.3, -0.25) is 9.59 Å². The fourth-order valence-electron chi connectivity index (χ4n) is 3.70. The van der Waals surface area contributed by atoms with Crippen LogP contribution in [0.4, 0.5) is 11.4 Å².